The van der Waals surface area contributed by atoms with E-state index in [9.17, 15) is 17.9 Å². The molecule has 1 rings (SSSR count). The van der Waals surface area contributed by atoms with Crippen molar-refractivity contribution in [3.05, 3.63) is 24.0 Å². The molecule has 102 valence electrons. The van der Waals surface area contributed by atoms with Gasteiger partial charge in [0.1, 0.15) is 5.82 Å². The van der Waals surface area contributed by atoms with Crippen LogP contribution in [0.3, 0.4) is 0 Å². The number of halogens is 1. The lowest BCUT2D eigenvalue weighted by Gasteiger charge is -2.15. The minimum atomic E-state index is -3.83. The van der Waals surface area contributed by atoms with Crippen LogP contribution < -0.4 is 10.5 Å². The number of benzene rings is 1. The van der Waals surface area contributed by atoms with Crippen molar-refractivity contribution in [1.29, 1.82) is 0 Å². The van der Waals surface area contributed by atoms with E-state index in [2.05, 4.69) is 4.72 Å². The third-order valence-electron chi connectivity index (χ3n) is 2.53. The van der Waals surface area contributed by atoms with Crippen LogP contribution in [0, 0.1) is 11.7 Å². The van der Waals surface area contributed by atoms with Gasteiger partial charge in [0.25, 0.3) is 0 Å². The normalized spacial score (nSPS) is 13.8. The summed E-state index contributed by atoms with van der Waals surface area (Å²) in [7, 11) is -3.83. The van der Waals surface area contributed by atoms with Crippen LogP contribution in [0.4, 0.5) is 10.1 Å². The Hall–Kier alpha value is -1.18. The number of hydrogen-bond donors (Lipinski definition) is 3. The molecule has 7 heteroatoms. The second-order valence-electron chi connectivity index (χ2n) is 4.35. The molecule has 0 radical (unpaired) electrons. The molecule has 0 bridgehead atoms. The van der Waals surface area contributed by atoms with Crippen LogP contribution in [0.2, 0.25) is 0 Å². The fourth-order valence-corrected chi connectivity index (χ4v) is 2.25. The van der Waals surface area contributed by atoms with E-state index in [1.807, 2.05) is 0 Å². The molecule has 0 fully saturated rings. The number of aliphatic hydroxyl groups is 1. The summed E-state index contributed by atoms with van der Waals surface area (Å²) in [5.74, 6) is -0.863. The zero-order valence-electron chi connectivity index (χ0n) is 10.2. The molecule has 1 unspecified atom stereocenters. The monoisotopic (exact) mass is 276 g/mol. The first-order valence-electron chi connectivity index (χ1n) is 5.47. The highest BCUT2D eigenvalue weighted by molar-refractivity contribution is 7.89. The summed E-state index contributed by atoms with van der Waals surface area (Å²) in [5.41, 5.74) is 5.15. The number of rotatable bonds is 5. The van der Waals surface area contributed by atoms with Crippen molar-refractivity contribution in [2.75, 3.05) is 12.3 Å². The van der Waals surface area contributed by atoms with E-state index in [1.165, 1.54) is 12.1 Å². The van der Waals surface area contributed by atoms with Gasteiger partial charge in [-0.3, -0.25) is 0 Å². The van der Waals surface area contributed by atoms with Gasteiger partial charge in [0, 0.05) is 6.54 Å². The number of nitrogens with two attached hydrogens (primary N) is 1. The zero-order chi connectivity index (χ0) is 13.9. The Morgan fingerprint density at radius 1 is 1.44 bits per heavy atom. The second kappa shape index (κ2) is 5.64. The lowest BCUT2D eigenvalue weighted by Crippen LogP contribution is -2.34. The number of hydrogen-bond acceptors (Lipinski definition) is 4. The van der Waals surface area contributed by atoms with Crippen LogP contribution in [-0.4, -0.2) is 26.2 Å². The van der Waals surface area contributed by atoms with Crippen molar-refractivity contribution in [2.24, 2.45) is 5.92 Å². The number of anilines is 1. The smallest absolute Gasteiger partial charge is 0.240 e. The molecule has 0 aliphatic carbocycles. The molecule has 1 atom stereocenters. The van der Waals surface area contributed by atoms with Gasteiger partial charge >= 0.3 is 0 Å². The molecule has 0 aliphatic heterocycles. The molecule has 0 saturated carbocycles. The first-order valence-corrected chi connectivity index (χ1v) is 6.95. The van der Waals surface area contributed by atoms with Gasteiger partial charge in [-0.2, -0.15) is 0 Å². The Bertz CT molecular complexity index is 517. The van der Waals surface area contributed by atoms with Crippen LogP contribution in [0.15, 0.2) is 23.1 Å². The van der Waals surface area contributed by atoms with E-state index in [1.54, 1.807) is 13.8 Å². The molecular formula is C11H17FN2O3S. The summed E-state index contributed by atoms with van der Waals surface area (Å²) >= 11 is 0. The molecule has 5 nitrogen and oxygen atoms in total. The lowest BCUT2D eigenvalue weighted by atomic mass is 10.1. The standard InChI is InChI=1S/C11H17FN2O3S/c1-7(2)11(15)6-14-18(16,17)8-3-4-10(13)9(12)5-8/h3-5,7,11,14-15H,6,13H2,1-2H3. The molecule has 1 aromatic rings. The van der Waals surface area contributed by atoms with Crippen LogP contribution in [-0.2, 0) is 10.0 Å². The maximum atomic E-state index is 13.2. The van der Waals surface area contributed by atoms with Gasteiger partial charge < -0.3 is 10.8 Å². The third-order valence-corrected chi connectivity index (χ3v) is 3.96. The number of sulfonamides is 1. The van der Waals surface area contributed by atoms with Gasteiger partial charge in [0.15, 0.2) is 0 Å². The lowest BCUT2D eigenvalue weighted by molar-refractivity contribution is 0.129. The highest BCUT2D eigenvalue weighted by atomic mass is 32.2. The van der Waals surface area contributed by atoms with Gasteiger partial charge in [0.05, 0.1) is 16.7 Å². The van der Waals surface area contributed by atoms with E-state index >= 15 is 0 Å². The first-order chi connectivity index (χ1) is 8.24. The van der Waals surface area contributed by atoms with E-state index in [0.717, 1.165) is 6.07 Å². The van der Waals surface area contributed by atoms with Crippen molar-refractivity contribution >= 4 is 15.7 Å². The second-order valence-corrected chi connectivity index (χ2v) is 6.11. The highest BCUT2D eigenvalue weighted by Gasteiger charge is 2.18. The van der Waals surface area contributed by atoms with E-state index in [-0.39, 0.29) is 23.0 Å². The fourth-order valence-electron chi connectivity index (χ4n) is 1.19. The quantitative estimate of drug-likeness (QED) is 0.690. The van der Waals surface area contributed by atoms with Crippen molar-refractivity contribution < 1.29 is 17.9 Å². The topological polar surface area (TPSA) is 92.4 Å². The minimum Gasteiger partial charge on any atom is -0.396 e. The average molecular weight is 276 g/mol. The third kappa shape index (κ3) is 3.66. The SMILES string of the molecule is CC(C)C(O)CNS(=O)(=O)c1ccc(N)c(F)c1. The van der Waals surface area contributed by atoms with Gasteiger partial charge in [-0.05, 0) is 24.1 Å². The van der Waals surface area contributed by atoms with Gasteiger partial charge in [-0.15, -0.1) is 0 Å². The van der Waals surface area contributed by atoms with Gasteiger partial charge in [0.2, 0.25) is 10.0 Å². The molecule has 0 heterocycles. The Labute approximate surface area is 106 Å². The van der Waals surface area contributed by atoms with Crippen molar-refractivity contribution in [3.63, 3.8) is 0 Å². The van der Waals surface area contributed by atoms with Gasteiger partial charge in [-0.1, -0.05) is 13.8 Å². The fraction of sp³-hybridized carbons (Fsp3) is 0.455. The summed E-state index contributed by atoms with van der Waals surface area (Å²) in [6.45, 7) is 3.41. The summed E-state index contributed by atoms with van der Waals surface area (Å²) < 4.78 is 39.0. The predicted octanol–water partition coefficient (Wildman–Crippen LogP) is 0.703. The molecule has 0 amide bonds. The average Bonchev–Trinajstić information content (AvgIpc) is 2.29. The number of nitrogens with one attached hydrogen (secondary N) is 1. The van der Waals surface area contributed by atoms with Crippen LogP contribution in [0.1, 0.15) is 13.8 Å². The molecule has 0 aromatic heterocycles. The van der Waals surface area contributed by atoms with E-state index in [4.69, 9.17) is 5.73 Å². The Morgan fingerprint density at radius 2 is 2.06 bits per heavy atom. The molecule has 0 aliphatic rings. The summed E-state index contributed by atoms with van der Waals surface area (Å²) in [5, 5.41) is 9.51. The maximum absolute atomic E-state index is 13.2. The van der Waals surface area contributed by atoms with Crippen molar-refractivity contribution in [1.82, 2.24) is 4.72 Å². The van der Waals surface area contributed by atoms with Crippen LogP contribution in [0.5, 0.6) is 0 Å². The molecule has 0 saturated heterocycles. The van der Waals surface area contributed by atoms with E-state index in [0.29, 0.717) is 0 Å². The Balaban J connectivity index is 2.83. The number of aliphatic hydroxyl groups excluding tert-OH is 1. The molecule has 0 spiro atoms. The summed E-state index contributed by atoms with van der Waals surface area (Å²) in [6.07, 6.45) is -0.793. The maximum Gasteiger partial charge on any atom is 0.240 e. The summed E-state index contributed by atoms with van der Waals surface area (Å²) in [4.78, 5) is -0.217. The molecule has 1 aromatic carbocycles. The Morgan fingerprint density at radius 3 is 2.56 bits per heavy atom. The van der Waals surface area contributed by atoms with Crippen LogP contribution in [0.25, 0.3) is 0 Å². The van der Waals surface area contributed by atoms with Crippen molar-refractivity contribution in [2.45, 2.75) is 24.8 Å². The van der Waals surface area contributed by atoms with Crippen molar-refractivity contribution in [3.8, 4) is 0 Å². The molecule has 4 N–H and O–H groups in total. The molecule has 18 heavy (non-hydrogen) atoms. The summed E-state index contributed by atoms with van der Waals surface area (Å²) in [6, 6.07) is 3.24. The predicted molar refractivity (Wildman–Crippen MR) is 66.8 cm³/mol. The van der Waals surface area contributed by atoms with Gasteiger partial charge in [-0.25, -0.2) is 17.5 Å². The first kappa shape index (κ1) is 14.9. The zero-order valence-corrected chi connectivity index (χ0v) is 11.0. The minimum absolute atomic E-state index is 0.0733. The van der Waals surface area contributed by atoms with Crippen LogP contribution >= 0.6 is 0 Å². The Kier molecular flexibility index (Phi) is 4.66. The largest absolute Gasteiger partial charge is 0.396 e. The number of nitrogen functional groups attached to an aromatic ring is 1. The van der Waals surface area contributed by atoms with E-state index < -0.39 is 21.9 Å². The highest BCUT2D eigenvalue weighted by Crippen LogP contribution is 2.16. The molecular weight excluding hydrogens is 259 g/mol.